The van der Waals surface area contributed by atoms with Crippen molar-refractivity contribution in [2.45, 2.75) is 136 Å². The zero-order valence-electron chi connectivity index (χ0n) is 39.8. The summed E-state index contributed by atoms with van der Waals surface area (Å²) in [6.45, 7) is 17.5. The smallest absolute Gasteiger partial charge is 0.308 e. The van der Waals surface area contributed by atoms with Gasteiger partial charge in [0.2, 0.25) is 0 Å². The molecule has 5 rings (SSSR count). The number of ether oxygens (including phenoxy) is 4. The van der Waals surface area contributed by atoms with Crippen LogP contribution >= 0.6 is 0 Å². The predicted octanol–water partition coefficient (Wildman–Crippen LogP) is 6.00. The Labute approximate surface area is 381 Å². The van der Waals surface area contributed by atoms with Gasteiger partial charge < -0.3 is 54.0 Å². The molecule has 1 aromatic heterocycles. The summed E-state index contributed by atoms with van der Waals surface area (Å²) in [5.41, 5.74) is 2.47. The second-order valence-corrected chi connectivity index (χ2v) is 19.2. The van der Waals surface area contributed by atoms with Gasteiger partial charge in [0, 0.05) is 48.8 Å². The number of allylic oxidation sites excluding steroid dienone is 3. The van der Waals surface area contributed by atoms with Crippen LogP contribution in [0.3, 0.4) is 0 Å². The third kappa shape index (κ3) is 14.5. The summed E-state index contributed by atoms with van der Waals surface area (Å²) in [5.74, 6) is -0.160. The molecule has 0 amide bonds. The molecule has 4 unspecified atom stereocenters. The third-order valence-corrected chi connectivity index (χ3v) is 13.3. The molecule has 358 valence electrons. The number of carbonyl (C=O) groups is 1. The first kappa shape index (κ1) is 51.5. The zero-order chi connectivity index (χ0) is 46.5. The molecule has 4 heterocycles. The summed E-state index contributed by atoms with van der Waals surface area (Å²) < 4.78 is 25.2. The fourth-order valence-electron chi connectivity index (χ4n) is 9.89. The molecule has 64 heavy (non-hydrogen) atoms. The number of cyclic esters (lactones) is 1. The third-order valence-electron chi connectivity index (χ3n) is 13.3. The van der Waals surface area contributed by atoms with E-state index in [4.69, 9.17) is 28.9 Å². The summed E-state index contributed by atoms with van der Waals surface area (Å²) in [6, 6.07) is 9.08. The lowest BCUT2D eigenvalue weighted by molar-refractivity contribution is -0.304. The minimum absolute atomic E-state index is 0.173. The van der Waals surface area contributed by atoms with Crippen molar-refractivity contribution < 1.29 is 49.0 Å². The summed E-state index contributed by atoms with van der Waals surface area (Å²) >= 11 is 0. The van der Waals surface area contributed by atoms with Gasteiger partial charge in [-0.25, -0.2) is 0 Å². The minimum Gasteiger partial charge on any atom is -0.493 e. The molecule has 2 aromatic rings. The number of carbonyl (C=O) groups excluding carboxylic acids is 1. The highest BCUT2D eigenvalue weighted by Gasteiger charge is 2.47. The number of hydrogen-bond acceptors (Lipinski definition) is 14. The van der Waals surface area contributed by atoms with Gasteiger partial charge in [0.05, 0.1) is 61.3 Å². The van der Waals surface area contributed by atoms with Gasteiger partial charge in [-0.1, -0.05) is 63.6 Å². The average molecular weight is 895 g/mol. The molecule has 0 aliphatic carbocycles. The van der Waals surface area contributed by atoms with Crippen molar-refractivity contribution in [2.75, 3.05) is 53.6 Å². The number of aliphatic hydroxyl groups excluding tert-OH is 4. The van der Waals surface area contributed by atoms with Gasteiger partial charge in [-0.15, -0.1) is 0 Å². The molecule has 0 spiro atoms. The highest BCUT2D eigenvalue weighted by molar-refractivity contribution is 5.96. The van der Waals surface area contributed by atoms with Gasteiger partial charge in [-0.3, -0.25) is 9.78 Å². The number of aliphatic hydroxyl groups is 4. The lowest BCUT2D eigenvalue weighted by Crippen LogP contribution is -2.63. The Morgan fingerprint density at radius 1 is 0.984 bits per heavy atom. The molecule has 2 fully saturated rings. The number of hydrogen-bond donors (Lipinski definition) is 4. The Morgan fingerprint density at radius 3 is 2.44 bits per heavy atom. The molecule has 0 saturated carbocycles. The van der Waals surface area contributed by atoms with Gasteiger partial charge in [-0.2, -0.15) is 0 Å². The largest absolute Gasteiger partial charge is 0.493 e. The first-order valence-corrected chi connectivity index (χ1v) is 23.7. The van der Waals surface area contributed by atoms with Crippen LogP contribution in [0.1, 0.15) is 87.0 Å². The topological polar surface area (TPSA) is 176 Å². The van der Waals surface area contributed by atoms with Crippen LogP contribution in [-0.2, 0) is 23.8 Å². The van der Waals surface area contributed by atoms with Crippen molar-refractivity contribution in [1.29, 1.82) is 0 Å². The molecule has 14 atom stereocenters. The van der Waals surface area contributed by atoms with E-state index in [9.17, 15) is 25.2 Å². The van der Waals surface area contributed by atoms with E-state index in [1.54, 1.807) is 32.1 Å². The van der Waals surface area contributed by atoms with Crippen molar-refractivity contribution in [2.24, 2.45) is 40.7 Å². The van der Waals surface area contributed by atoms with Crippen LogP contribution < -0.4 is 4.74 Å². The van der Waals surface area contributed by atoms with Gasteiger partial charge >= 0.3 is 5.97 Å². The average Bonchev–Trinajstić information content (AvgIpc) is 3.25. The summed E-state index contributed by atoms with van der Waals surface area (Å²) in [7, 11) is 3.60. The summed E-state index contributed by atoms with van der Waals surface area (Å²) in [4.78, 5) is 28.3. The SMILES string of the molecule is CC[C@H]1OC(=O)C[C@@H](O)C(C)[C@@H](O[C@H]2O[C@@H](C)[C@H](O)[C@@H](N(C)C)[C@@H]2O)[C@@H](CCN2CC(C)CC(C)C2)C[C@@H](C)C(=N/OCCCOc2ccc3ncccc3c2)/C=C/C(C)=C/C1CO. The maximum absolute atomic E-state index is 13.6. The predicted molar refractivity (Wildman–Crippen MR) is 249 cm³/mol. The van der Waals surface area contributed by atoms with E-state index >= 15 is 0 Å². The molecule has 4 N–H and O–H groups in total. The molecule has 3 aliphatic heterocycles. The van der Waals surface area contributed by atoms with E-state index in [2.05, 4.69) is 30.7 Å². The fraction of sp³-hybridized carbons (Fsp3) is 0.700. The first-order chi connectivity index (χ1) is 30.6. The van der Waals surface area contributed by atoms with Gasteiger partial charge in [0.1, 0.15) is 24.6 Å². The van der Waals surface area contributed by atoms with Crippen molar-refractivity contribution >= 4 is 22.6 Å². The number of likely N-dealkylation sites (N-methyl/N-ethyl adjacent to an activating group) is 1. The molecule has 14 nitrogen and oxygen atoms in total. The molecule has 0 radical (unpaired) electrons. The second-order valence-electron chi connectivity index (χ2n) is 19.2. The number of esters is 1. The molecule has 2 saturated heterocycles. The Kier molecular flexibility index (Phi) is 20.0. The number of piperidine rings is 1. The van der Waals surface area contributed by atoms with Crippen molar-refractivity contribution in [1.82, 2.24) is 14.8 Å². The lowest BCUT2D eigenvalue weighted by atomic mass is 9.79. The number of oxime groups is 1. The van der Waals surface area contributed by atoms with E-state index in [1.165, 1.54) is 6.42 Å². The molecule has 3 aliphatic rings. The van der Waals surface area contributed by atoms with E-state index < -0.39 is 66.8 Å². The van der Waals surface area contributed by atoms with Gasteiger partial charge in [0.15, 0.2) is 6.29 Å². The van der Waals surface area contributed by atoms with E-state index in [-0.39, 0.29) is 24.9 Å². The summed E-state index contributed by atoms with van der Waals surface area (Å²) in [6.07, 6.45) is 4.38. The Morgan fingerprint density at radius 2 is 1.73 bits per heavy atom. The number of fused-ring (bicyclic) bond motifs is 1. The number of pyridine rings is 1. The van der Waals surface area contributed by atoms with Crippen molar-refractivity contribution in [3.05, 3.63) is 60.3 Å². The van der Waals surface area contributed by atoms with E-state index in [0.717, 1.165) is 41.9 Å². The van der Waals surface area contributed by atoms with Crippen LogP contribution in [0.4, 0.5) is 0 Å². The monoisotopic (exact) mass is 895 g/mol. The van der Waals surface area contributed by atoms with Crippen LogP contribution in [0, 0.1) is 35.5 Å². The quantitative estimate of drug-likeness (QED) is 0.0989. The van der Waals surface area contributed by atoms with E-state index in [0.29, 0.717) is 56.4 Å². The zero-order valence-corrected chi connectivity index (χ0v) is 39.8. The van der Waals surface area contributed by atoms with Gasteiger partial charge in [0.25, 0.3) is 0 Å². The highest BCUT2D eigenvalue weighted by Crippen LogP contribution is 2.36. The fourth-order valence-corrected chi connectivity index (χ4v) is 9.89. The second kappa shape index (κ2) is 24.9. The first-order valence-electron chi connectivity index (χ1n) is 23.7. The molecule has 0 bridgehead atoms. The Bertz CT molecular complexity index is 1830. The number of nitrogens with zero attached hydrogens (tertiary/aromatic N) is 4. The number of rotatable bonds is 14. The van der Waals surface area contributed by atoms with Crippen LogP contribution in [-0.4, -0.2) is 149 Å². The Balaban J connectivity index is 1.47. The Hall–Kier alpha value is -3.47. The van der Waals surface area contributed by atoms with Crippen molar-refractivity contribution in [3.8, 4) is 5.75 Å². The molecular weight excluding hydrogens is 817 g/mol. The van der Waals surface area contributed by atoms with Crippen molar-refractivity contribution in [3.63, 3.8) is 0 Å². The van der Waals surface area contributed by atoms with Crippen LogP contribution in [0.2, 0.25) is 0 Å². The standard InChI is InChI=1S/C50H78N4O10/c1-10-44-39(30-55)24-31(2)14-16-41(52-61-22-12-21-60-40-15-17-42-37(26-40)13-11-19-51-42)34(5)25-38(18-20-54-28-32(3)23-33(4)29-54)49(35(6)43(56)27-45(57)63-44)64-50-48(59)46(53(8)9)47(58)36(7)62-50/h11,13-17,19,24,26,32-36,38-39,43-44,46-50,55-56,58-59H,10,12,18,20-23,25,27-30H2,1-9H3/b16-14+,31-24+,52-41+/t32?,33?,34-,35?,36+,38+,39?,43-,44-,46-,47+,48+,49-,50-/m1/s1. The van der Waals surface area contributed by atoms with Gasteiger partial charge in [-0.05, 0) is 108 Å². The maximum atomic E-state index is 13.6. The summed E-state index contributed by atoms with van der Waals surface area (Å²) in [5, 5.41) is 50.9. The molecular formula is C50H78N4O10. The maximum Gasteiger partial charge on any atom is 0.308 e. The molecule has 14 heteroatoms. The van der Waals surface area contributed by atoms with E-state index in [1.807, 2.05) is 69.3 Å². The number of likely N-dealkylation sites (tertiary alicyclic amines) is 1. The minimum atomic E-state index is -1.20. The van der Waals surface area contributed by atoms with Crippen LogP contribution in [0.25, 0.3) is 10.9 Å². The van der Waals surface area contributed by atoms with Crippen LogP contribution in [0.5, 0.6) is 5.75 Å². The molecule has 1 aromatic carbocycles. The number of aromatic nitrogens is 1. The number of benzene rings is 1. The highest BCUT2D eigenvalue weighted by atomic mass is 16.7. The van der Waals surface area contributed by atoms with Crippen LogP contribution in [0.15, 0.2) is 65.5 Å². The lowest BCUT2D eigenvalue weighted by Gasteiger charge is -2.47. The normalized spacial score (nSPS) is 36.1.